The van der Waals surface area contributed by atoms with E-state index in [9.17, 15) is 8.76 Å². The van der Waals surface area contributed by atoms with Crippen LogP contribution in [0.1, 0.15) is 81.1 Å². The second-order valence-corrected chi connectivity index (χ2v) is 9.26. The van der Waals surface area contributed by atoms with Gasteiger partial charge in [-0.3, -0.25) is 4.21 Å². The van der Waals surface area contributed by atoms with Crippen LogP contribution < -0.4 is 0 Å². The molecule has 0 N–H and O–H groups in total. The molecular formula is C18H38NO2S-. The summed E-state index contributed by atoms with van der Waals surface area (Å²) in [6.07, 6.45) is 3.77. The summed E-state index contributed by atoms with van der Waals surface area (Å²) in [7, 11) is 0. The molecule has 134 valence electrons. The lowest BCUT2D eigenvalue weighted by Crippen LogP contribution is -2.46. The molecule has 0 aliphatic rings. The van der Waals surface area contributed by atoms with Gasteiger partial charge in [0.1, 0.15) is 0 Å². The highest BCUT2D eigenvalue weighted by atomic mass is 32.2. The van der Waals surface area contributed by atoms with E-state index in [1.165, 1.54) is 0 Å². The van der Waals surface area contributed by atoms with E-state index in [1.54, 1.807) is 4.31 Å². The zero-order valence-electron chi connectivity index (χ0n) is 16.0. The summed E-state index contributed by atoms with van der Waals surface area (Å²) in [6, 6.07) is 0.252. The Morgan fingerprint density at radius 2 is 0.909 bits per heavy atom. The predicted octanol–water partition coefficient (Wildman–Crippen LogP) is 5.00. The minimum atomic E-state index is -2.15. The van der Waals surface area contributed by atoms with Gasteiger partial charge in [-0.25, -0.2) is 4.31 Å². The first-order valence-electron chi connectivity index (χ1n) is 8.92. The second kappa shape index (κ2) is 10.8. The van der Waals surface area contributed by atoms with Crippen molar-refractivity contribution in [3.8, 4) is 0 Å². The fourth-order valence-corrected chi connectivity index (χ4v) is 4.16. The van der Waals surface area contributed by atoms with Crippen LogP contribution in [0.15, 0.2) is 0 Å². The Kier molecular flexibility index (Phi) is 10.8. The monoisotopic (exact) mass is 332 g/mol. The number of hydrogen-bond acceptors (Lipinski definition) is 2. The third-order valence-corrected chi connectivity index (χ3v) is 4.81. The van der Waals surface area contributed by atoms with Crippen molar-refractivity contribution in [2.45, 2.75) is 93.2 Å². The Balaban J connectivity index is 5.39. The first kappa shape index (κ1) is 22.1. The van der Waals surface area contributed by atoms with Gasteiger partial charge in [-0.1, -0.05) is 55.4 Å². The van der Waals surface area contributed by atoms with Crippen LogP contribution in [0, 0.1) is 23.7 Å². The van der Waals surface area contributed by atoms with Crippen LogP contribution in [-0.4, -0.2) is 25.2 Å². The van der Waals surface area contributed by atoms with Gasteiger partial charge in [0.2, 0.25) is 0 Å². The van der Waals surface area contributed by atoms with Crippen molar-refractivity contribution in [3.63, 3.8) is 0 Å². The Morgan fingerprint density at radius 1 is 0.682 bits per heavy atom. The van der Waals surface area contributed by atoms with Crippen molar-refractivity contribution >= 4 is 11.3 Å². The topological polar surface area (TPSA) is 43.4 Å². The van der Waals surface area contributed by atoms with Crippen molar-refractivity contribution in [2.24, 2.45) is 23.7 Å². The summed E-state index contributed by atoms with van der Waals surface area (Å²) in [5.41, 5.74) is 0. The highest BCUT2D eigenvalue weighted by molar-refractivity contribution is 7.76. The summed E-state index contributed by atoms with van der Waals surface area (Å²) in [5.74, 6) is 2.03. The third kappa shape index (κ3) is 9.26. The summed E-state index contributed by atoms with van der Waals surface area (Å²) >= 11 is -2.15. The molecule has 0 aliphatic carbocycles. The molecule has 0 saturated heterocycles. The molecule has 22 heavy (non-hydrogen) atoms. The lowest BCUT2D eigenvalue weighted by atomic mass is 9.91. The molecule has 0 aromatic heterocycles. The van der Waals surface area contributed by atoms with E-state index in [0.717, 1.165) is 25.7 Å². The quantitative estimate of drug-likeness (QED) is 0.499. The molecule has 0 aromatic carbocycles. The van der Waals surface area contributed by atoms with Crippen LogP contribution in [0.4, 0.5) is 0 Å². The van der Waals surface area contributed by atoms with Crippen molar-refractivity contribution in [2.75, 3.05) is 0 Å². The summed E-state index contributed by atoms with van der Waals surface area (Å²) in [5, 5.41) is 0. The molecule has 4 heteroatoms. The SMILES string of the molecule is CC(C)CC(CC(C)C)N(C(CC(C)C)CC(C)C)S(=O)[O-]. The maximum Gasteiger partial charge on any atom is 0.0223 e. The maximum absolute atomic E-state index is 12.0. The molecule has 1 atom stereocenters. The molecule has 0 radical (unpaired) electrons. The fraction of sp³-hybridized carbons (Fsp3) is 1.00. The van der Waals surface area contributed by atoms with Crippen LogP contribution in [0.5, 0.6) is 0 Å². The van der Waals surface area contributed by atoms with Gasteiger partial charge < -0.3 is 4.55 Å². The Morgan fingerprint density at radius 3 is 1.05 bits per heavy atom. The molecule has 0 amide bonds. The minimum absolute atomic E-state index is 0.126. The summed E-state index contributed by atoms with van der Waals surface area (Å²) in [6.45, 7) is 17.4. The fourth-order valence-electron chi connectivity index (χ4n) is 3.33. The average Bonchev–Trinajstić information content (AvgIpc) is 2.23. The van der Waals surface area contributed by atoms with E-state index in [1.807, 2.05) is 0 Å². The molecule has 0 saturated carbocycles. The van der Waals surface area contributed by atoms with Crippen molar-refractivity contribution in [1.82, 2.24) is 4.31 Å². The Hall–Kier alpha value is 0.0700. The van der Waals surface area contributed by atoms with Gasteiger partial charge >= 0.3 is 0 Å². The molecule has 0 aliphatic heterocycles. The second-order valence-electron chi connectivity index (χ2n) is 8.40. The molecule has 0 rings (SSSR count). The van der Waals surface area contributed by atoms with Crippen molar-refractivity contribution < 1.29 is 8.76 Å². The van der Waals surface area contributed by atoms with Gasteiger partial charge in [0.25, 0.3) is 0 Å². The largest absolute Gasteiger partial charge is 0.760 e. The summed E-state index contributed by atoms with van der Waals surface area (Å²) in [4.78, 5) is 0. The molecule has 0 aromatic rings. The Bertz CT molecular complexity index is 272. The van der Waals surface area contributed by atoms with E-state index in [4.69, 9.17) is 0 Å². The zero-order chi connectivity index (χ0) is 17.4. The molecule has 0 bridgehead atoms. The highest BCUT2D eigenvalue weighted by Gasteiger charge is 2.29. The van der Waals surface area contributed by atoms with Gasteiger partial charge in [-0.2, -0.15) is 0 Å². The van der Waals surface area contributed by atoms with Crippen LogP contribution in [0.2, 0.25) is 0 Å². The zero-order valence-corrected chi connectivity index (χ0v) is 16.8. The maximum atomic E-state index is 12.0. The lowest BCUT2D eigenvalue weighted by molar-refractivity contribution is 0.159. The Labute approximate surface area is 141 Å². The van der Waals surface area contributed by atoms with E-state index in [-0.39, 0.29) is 12.1 Å². The standard InChI is InChI=1S/C18H39NO2S/c1-13(2)9-17(10-14(3)4)19(22(20)21)18(11-15(5)6)12-16(7)8/h13-18H,9-12H2,1-8H3,(H,20,21)/p-1. The normalized spacial score (nSPS) is 14.5. The van der Waals surface area contributed by atoms with Gasteiger partial charge in [0.05, 0.1) is 0 Å². The first-order chi connectivity index (χ1) is 10.0. The predicted molar refractivity (Wildman–Crippen MR) is 96.2 cm³/mol. The molecule has 0 spiro atoms. The molecule has 3 nitrogen and oxygen atoms in total. The summed E-state index contributed by atoms with van der Waals surface area (Å²) < 4.78 is 25.9. The number of rotatable bonds is 11. The van der Waals surface area contributed by atoms with E-state index in [2.05, 4.69) is 55.4 Å². The number of hydrogen-bond donors (Lipinski definition) is 0. The highest BCUT2D eigenvalue weighted by Crippen LogP contribution is 2.28. The van der Waals surface area contributed by atoms with E-state index >= 15 is 0 Å². The molecule has 0 heterocycles. The first-order valence-corrected chi connectivity index (χ1v) is 9.95. The van der Waals surface area contributed by atoms with Crippen LogP contribution >= 0.6 is 0 Å². The van der Waals surface area contributed by atoms with E-state index < -0.39 is 11.3 Å². The van der Waals surface area contributed by atoms with Gasteiger partial charge in [0, 0.05) is 23.4 Å². The van der Waals surface area contributed by atoms with Gasteiger partial charge in [-0.15, -0.1) is 0 Å². The average molecular weight is 333 g/mol. The van der Waals surface area contributed by atoms with Gasteiger partial charge in [-0.05, 0) is 49.4 Å². The van der Waals surface area contributed by atoms with E-state index in [0.29, 0.717) is 23.7 Å². The van der Waals surface area contributed by atoms with Crippen LogP contribution in [-0.2, 0) is 11.3 Å². The van der Waals surface area contributed by atoms with Crippen molar-refractivity contribution in [3.05, 3.63) is 0 Å². The number of nitrogens with zero attached hydrogens (tertiary/aromatic N) is 1. The minimum Gasteiger partial charge on any atom is -0.760 e. The lowest BCUT2D eigenvalue weighted by Gasteiger charge is -2.42. The van der Waals surface area contributed by atoms with Crippen LogP contribution in [0.25, 0.3) is 0 Å². The molecule has 1 unspecified atom stereocenters. The smallest absolute Gasteiger partial charge is 0.0223 e. The molecular weight excluding hydrogens is 294 g/mol. The molecule has 0 fully saturated rings. The van der Waals surface area contributed by atoms with Crippen molar-refractivity contribution in [1.29, 1.82) is 0 Å². The third-order valence-electron chi connectivity index (χ3n) is 3.87. The van der Waals surface area contributed by atoms with Crippen LogP contribution in [0.3, 0.4) is 0 Å². The van der Waals surface area contributed by atoms with Gasteiger partial charge in [0.15, 0.2) is 0 Å².